The Hall–Kier alpha value is -3.13. The first-order valence-electron chi connectivity index (χ1n) is 13.8. The number of hydrogen-bond acceptors (Lipinski definition) is 5. The number of esters is 1. The van der Waals surface area contributed by atoms with Crippen molar-refractivity contribution < 1.29 is 19.1 Å². The van der Waals surface area contributed by atoms with Gasteiger partial charge in [0.2, 0.25) is 5.91 Å². The van der Waals surface area contributed by atoms with E-state index in [2.05, 4.69) is 22.9 Å². The third-order valence-electron chi connectivity index (χ3n) is 5.76. The number of ether oxygens (including phenoxy) is 2. The van der Waals surface area contributed by atoms with Crippen molar-refractivity contribution in [2.24, 2.45) is 5.92 Å². The van der Waals surface area contributed by atoms with Gasteiger partial charge in [0.1, 0.15) is 30.0 Å². The van der Waals surface area contributed by atoms with Crippen LogP contribution < -0.4 is 20.7 Å². The molecule has 3 N–H and O–H groups in total. The average molecular weight is 556 g/mol. The SMILES string of the molecule is CCCCNC(=S)NC(CC(C)C)C(=O)NC(Cc1ccc(OCc2ccccc2)cc1)C(=O)OC(C)(C)C. The van der Waals surface area contributed by atoms with Gasteiger partial charge >= 0.3 is 5.97 Å². The number of thiocarbonyl (C=S) groups is 1. The summed E-state index contributed by atoms with van der Waals surface area (Å²) >= 11 is 5.42. The Morgan fingerprint density at radius 1 is 0.923 bits per heavy atom. The molecule has 2 rings (SSSR count). The van der Waals surface area contributed by atoms with Gasteiger partial charge in [0, 0.05) is 13.0 Å². The molecule has 0 heterocycles. The van der Waals surface area contributed by atoms with Crippen molar-refractivity contribution in [2.45, 2.75) is 91.5 Å². The maximum Gasteiger partial charge on any atom is 0.329 e. The summed E-state index contributed by atoms with van der Waals surface area (Å²) in [6.07, 6.45) is 2.88. The first-order valence-corrected chi connectivity index (χ1v) is 14.2. The van der Waals surface area contributed by atoms with Crippen molar-refractivity contribution in [3.63, 3.8) is 0 Å². The topological polar surface area (TPSA) is 88.7 Å². The van der Waals surface area contributed by atoms with Crippen LogP contribution in [0.3, 0.4) is 0 Å². The smallest absolute Gasteiger partial charge is 0.329 e. The lowest BCUT2D eigenvalue weighted by atomic mass is 10.0. The summed E-state index contributed by atoms with van der Waals surface area (Å²) in [4.78, 5) is 26.5. The van der Waals surface area contributed by atoms with Gasteiger partial charge in [-0.3, -0.25) is 4.79 Å². The molecule has 2 aromatic carbocycles. The molecule has 0 aromatic heterocycles. The lowest BCUT2D eigenvalue weighted by Gasteiger charge is -2.27. The van der Waals surface area contributed by atoms with E-state index in [0.29, 0.717) is 18.1 Å². The monoisotopic (exact) mass is 555 g/mol. The molecule has 0 saturated heterocycles. The van der Waals surface area contributed by atoms with Crippen molar-refractivity contribution >= 4 is 29.2 Å². The fourth-order valence-electron chi connectivity index (χ4n) is 3.83. The maximum absolute atomic E-state index is 13.4. The predicted octanol–water partition coefficient (Wildman–Crippen LogP) is 5.31. The highest BCUT2D eigenvalue weighted by Gasteiger charge is 2.30. The Bertz CT molecular complexity index is 1040. The molecule has 0 radical (unpaired) electrons. The number of carbonyl (C=O) groups is 2. The summed E-state index contributed by atoms with van der Waals surface area (Å²) in [5, 5.41) is 9.66. The fourth-order valence-corrected chi connectivity index (χ4v) is 4.07. The normalized spacial score (nSPS) is 12.8. The summed E-state index contributed by atoms with van der Waals surface area (Å²) in [6, 6.07) is 16.1. The molecule has 0 spiro atoms. The molecule has 0 aliphatic heterocycles. The first kappa shape index (κ1) is 32.1. The van der Waals surface area contributed by atoms with Crippen LogP contribution in [0.2, 0.25) is 0 Å². The Kier molecular flexibility index (Phi) is 13.2. The van der Waals surface area contributed by atoms with Crippen LogP contribution in [0.5, 0.6) is 5.75 Å². The van der Waals surface area contributed by atoms with Gasteiger partial charge in [-0.25, -0.2) is 4.79 Å². The van der Waals surface area contributed by atoms with Crippen LogP contribution in [-0.4, -0.2) is 41.2 Å². The largest absolute Gasteiger partial charge is 0.489 e. The molecule has 0 aliphatic carbocycles. The number of rotatable bonds is 14. The summed E-state index contributed by atoms with van der Waals surface area (Å²) in [5.41, 5.74) is 1.28. The molecule has 2 atom stereocenters. The molecule has 2 aromatic rings. The molecule has 1 amide bonds. The van der Waals surface area contributed by atoms with Gasteiger partial charge in [0.15, 0.2) is 5.11 Å². The highest BCUT2D eigenvalue weighted by Crippen LogP contribution is 2.17. The molecular weight excluding hydrogens is 510 g/mol. The Morgan fingerprint density at radius 2 is 1.59 bits per heavy atom. The third kappa shape index (κ3) is 13.0. The van der Waals surface area contributed by atoms with Crippen LogP contribution in [0.1, 0.15) is 71.9 Å². The van der Waals surface area contributed by atoms with Crippen molar-refractivity contribution in [2.75, 3.05) is 6.54 Å². The van der Waals surface area contributed by atoms with Gasteiger partial charge in [-0.2, -0.15) is 0 Å². The average Bonchev–Trinajstić information content (AvgIpc) is 2.87. The van der Waals surface area contributed by atoms with Gasteiger partial charge in [-0.05, 0) is 75.0 Å². The standard InChI is InChI=1S/C31H45N3O4S/c1-7-8-18-32-30(39)34-26(19-22(2)3)28(35)33-27(29(36)38-31(4,5)6)20-23-14-16-25(17-15-23)37-21-24-12-10-9-11-13-24/h9-17,22,26-27H,7-8,18-21H2,1-6H3,(H,33,35)(H2,32,34,39). The van der Waals surface area contributed by atoms with Gasteiger partial charge in [0.05, 0.1) is 0 Å². The van der Waals surface area contributed by atoms with Gasteiger partial charge in [-0.15, -0.1) is 0 Å². The molecule has 214 valence electrons. The molecule has 2 unspecified atom stereocenters. The number of amides is 1. The number of hydrogen-bond donors (Lipinski definition) is 3. The quantitative estimate of drug-likeness (QED) is 0.165. The zero-order chi connectivity index (χ0) is 28.8. The minimum atomic E-state index is -0.856. The zero-order valence-corrected chi connectivity index (χ0v) is 25.0. The van der Waals surface area contributed by atoms with Crippen LogP contribution in [0, 0.1) is 5.92 Å². The summed E-state index contributed by atoms with van der Waals surface area (Å²) in [6.45, 7) is 12.8. The van der Waals surface area contributed by atoms with Gasteiger partial charge < -0.3 is 25.4 Å². The van der Waals surface area contributed by atoms with E-state index in [-0.39, 0.29) is 18.2 Å². The fraction of sp³-hybridized carbons (Fsp3) is 0.516. The molecule has 8 heteroatoms. The molecule has 39 heavy (non-hydrogen) atoms. The third-order valence-corrected chi connectivity index (χ3v) is 6.03. The highest BCUT2D eigenvalue weighted by atomic mass is 32.1. The lowest BCUT2D eigenvalue weighted by Crippen LogP contribution is -2.55. The number of nitrogens with one attached hydrogen (secondary N) is 3. The van der Waals surface area contributed by atoms with Crippen LogP contribution in [-0.2, 0) is 27.4 Å². The van der Waals surface area contributed by atoms with E-state index in [9.17, 15) is 9.59 Å². The Labute approximate surface area is 239 Å². The van der Waals surface area contributed by atoms with E-state index < -0.39 is 23.7 Å². The highest BCUT2D eigenvalue weighted by molar-refractivity contribution is 7.80. The number of benzene rings is 2. The van der Waals surface area contributed by atoms with Crippen LogP contribution in [0.15, 0.2) is 54.6 Å². The van der Waals surface area contributed by atoms with Crippen LogP contribution in [0.4, 0.5) is 0 Å². The molecule has 0 bridgehead atoms. The molecule has 7 nitrogen and oxygen atoms in total. The number of unbranched alkanes of at least 4 members (excludes halogenated alkanes) is 1. The molecule has 0 saturated carbocycles. The second-order valence-corrected chi connectivity index (χ2v) is 11.6. The van der Waals surface area contributed by atoms with E-state index in [1.54, 1.807) is 0 Å². The van der Waals surface area contributed by atoms with Crippen molar-refractivity contribution in [3.8, 4) is 5.75 Å². The Morgan fingerprint density at radius 3 is 2.18 bits per heavy atom. The summed E-state index contributed by atoms with van der Waals surface area (Å²) in [5.74, 6) is 0.204. The van der Waals surface area contributed by atoms with Crippen molar-refractivity contribution in [3.05, 3.63) is 65.7 Å². The van der Waals surface area contributed by atoms with Gasteiger partial charge in [0.25, 0.3) is 0 Å². The van der Waals surface area contributed by atoms with E-state index in [1.807, 2.05) is 89.2 Å². The number of carbonyl (C=O) groups excluding carboxylic acids is 2. The Balaban J connectivity index is 2.11. The second-order valence-electron chi connectivity index (χ2n) is 11.2. The van der Waals surface area contributed by atoms with Crippen LogP contribution in [0.25, 0.3) is 0 Å². The zero-order valence-electron chi connectivity index (χ0n) is 24.2. The van der Waals surface area contributed by atoms with Gasteiger partial charge in [-0.1, -0.05) is 69.7 Å². The van der Waals surface area contributed by atoms with Crippen molar-refractivity contribution in [1.29, 1.82) is 0 Å². The lowest BCUT2D eigenvalue weighted by molar-refractivity contribution is -0.158. The summed E-state index contributed by atoms with van der Waals surface area (Å²) in [7, 11) is 0. The molecule has 0 fully saturated rings. The first-order chi connectivity index (χ1) is 18.5. The maximum atomic E-state index is 13.4. The van der Waals surface area contributed by atoms with Crippen molar-refractivity contribution in [1.82, 2.24) is 16.0 Å². The van der Waals surface area contributed by atoms with Crippen LogP contribution >= 0.6 is 12.2 Å². The molecular formula is C31H45N3O4S. The van der Waals surface area contributed by atoms with E-state index in [1.165, 1.54) is 0 Å². The predicted molar refractivity (Wildman–Crippen MR) is 161 cm³/mol. The summed E-state index contributed by atoms with van der Waals surface area (Å²) < 4.78 is 11.5. The second kappa shape index (κ2) is 16.1. The minimum absolute atomic E-state index is 0.245. The van der Waals surface area contributed by atoms with E-state index >= 15 is 0 Å². The minimum Gasteiger partial charge on any atom is -0.489 e. The molecule has 0 aliphatic rings. The van der Waals surface area contributed by atoms with E-state index in [4.69, 9.17) is 21.7 Å². The van der Waals surface area contributed by atoms with E-state index in [0.717, 1.165) is 36.3 Å².